The second kappa shape index (κ2) is 18.5. The van der Waals surface area contributed by atoms with E-state index >= 15 is 0 Å². The van der Waals surface area contributed by atoms with Crippen molar-refractivity contribution in [1.82, 2.24) is 10.6 Å². The highest BCUT2D eigenvalue weighted by Crippen LogP contribution is 2.13. The van der Waals surface area contributed by atoms with Crippen LogP contribution in [0.25, 0.3) is 0 Å². The molecule has 0 saturated heterocycles. The first-order chi connectivity index (χ1) is 17.6. The van der Waals surface area contributed by atoms with E-state index < -0.39 is 41.6 Å². The van der Waals surface area contributed by atoms with Crippen molar-refractivity contribution in [3.8, 4) is 0 Å². The SMILES string of the molecule is CC(C)=CCCC(C)=CCCC(C)=CCSCC(NC(=O)C(CCC(=O)O)NC(=O)OC(C)(C)C)C(=O)O. The first kappa shape index (κ1) is 35.2. The molecule has 216 valence electrons. The lowest BCUT2D eigenvalue weighted by molar-refractivity contribution is -0.142. The van der Waals surface area contributed by atoms with Crippen LogP contribution in [0.4, 0.5) is 4.79 Å². The molecular weight excluding hydrogens is 508 g/mol. The van der Waals surface area contributed by atoms with E-state index in [-0.39, 0.29) is 18.6 Å². The summed E-state index contributed by atoms with van der Waals surface area (Å²) in [7, 11) is 0. The van der Waals surface area contributed by atoms with Crippen molar-refractivity contribution >= 4 is 35.7 Å². The van der Waals surface area contributed by atoms with Gasteiger partial charge in [0.1, 0.15) is 17.7 Å². The molecule has 0 aromatic heterocycles. The van der Waals surface area contributed by atoms with Crippen molar-refractivity contribution in [2.24, 2.45) is 0 Å². The fourth-order valence-corrected chi connectivity index (χ4v) is 4.16. The van der Waals surface area contributed by atoms with Crippen LogP contribution in [0.5, 0.6) is 0 Å². The predicted octanol–water partition coefficient (Wildman–Crippen LogP) is 5.47. The average molecular weight is 555 g/mol. The molecule has 0 heterocycles. The van der Waals surface area contributed by atoms with Gasteiger partial charge in [-0.1, -0.05) is 34.9 Å². The van der Waals surface area contributed by atoms with Gasteiger partial charge in [0.05, 0.1) is 0 Å². The van der Waals surface area contributed by atoms with Gasteiger partial charge < -0.3 is 25.6 Å². The number of amides is 2. The molecule has 0 rings (SSSR count). The topological polar surface area (TPSA) is 142 Å². The number of alkyl carbamates (subject to hydrolysis) is 1. The standard InChI is InChI=1S/C28H46N2O7S/c1-19(2)10-8-11-20(3)12-9-13-21(4)16-17-38-18-23(26(34)35)29-25(33)22(14-15-24(31)32)30-27(36)37-28(5,6)7/h10,12,16,22-23H,8-9,11,13-15,17-18H2,1-7H3,(H,29,33)(H,30,36)(H,31,32)(H,34,35). The molecule has 0 bridgehead atoms. The first-order valence-corrected chi connectivity index (χ1v) is 14.0. The summed E-state index contributed by atoms with van der Waals surface area (Å²) >= 11 is 1.37. The molecule has 0 aliphatic rings. The minimum atomic E-state index is -1.24. The van der Waals surface area contributed by atoms with E-state index in [2.05, 4.69) is 49.6 Å². The summed E-state index contributed by atoms with van der Waals surface area (Å²) in [6, 6.07) is -2.44. The molecule has 0 aromatic rings. The van der Waals surface area contributed by atoms with Gasteiger partial charge in [-0.3, -0.25) is 9.59 Å². The molecule has 0 aliphatic carbocycles. The highest BCUT2D eigenvalue weighted by molar-refractivity contribution is 7.99. The number of rotatable bonds is 17. The molecule has 0 aliphatic heterocycles. The Morgan fingerprint density at radius 3 is 1.95 bits per heavy atom. The molecule has 0 spiro atoms. The molecule has 0 radical (unpaired) electrons. The van der Waals surface area contributed by atoms with Gasteiger partial charge in [0, 0.05) is 17.9 Å². The number of allylic oxidation sites excluding steroid dienone is 5. The third-order valence-electron chi connectivity index (χ3n) is 5.23. The summed E-state index contributed by atoms with van der Waals surface area (Å²) < 4.78 is 5.14. The van der Waals surface area contributed by atoms with Gasteiger partial charge >= 0.3 is 18.0 Å². The lowest BCUT2D eigenvalue weighted by Crippen LogP contribution is -2.53. The van der Waals surface area contributed by atoms with Crippen molar-refractivity contribution in [3.63, 3.8) is 0 Å². The number of hydrogen-bond acceptors (Lipinski definition) is 6. The molecule has 2 amide bonds. The van der Waals surface area contributed by atoms with Gasteiger partial charge in [0.25, 0.3) is 0 Å². The minimum absolute atomic E-state index is 0.117. The molecule has 10 heteroatoms. The Hall–Kier alpha value is -2.75. The van der Waals surface area contributed by atoms with E-state index in [0.29, 0.717) is 5.75 Å². The highest BCUT2D eigenvalue weighted by atomic mass is 32.2. The van der Waals surface area contributed by atoms with Crippen LogP contribution in [-0.2, 0) is 19.1 Å². The Kier molecular flexibility index (Phi) is 17.2. The number of thioether (sulfide) groups is 1. The normalized spacial score (nSPS) is 13.8. The predicted molar refractivity (Wildman–Crippen MR) is 152 cm³/mol. The van der Waals surface area contributed by atoms with Crippen LogP contribution in [0.2, 0.25) is 0 Å². The van der Waals surface area contributed by atoms with Crippen molar-refractivity contribution < 1.29 is 34.1 Å². The Bertz CT molecular complexity index is 884. The highest BCUT2D eigenvalue weighted by Gasteiger charge is 2.28. The molecular formula is C28H46N2O7S. The van der Waals surface area contributed by atoms with Crippen LogP contribution < -0.4 is 10.6 Å². The smallest absolute Gasteiger partial charge is 0.408 e. The zero-order chi connectivity index (χ0) is 29.3. The average Bonchev–Trinajstić information content (AvgIpc) is 2.76. The van der Waals surface area contributed by atoms with E-state index in [1.165, 1.54) is 28.5 Å². The van der Waals surface area contributed by atoms with Crippen molar-refractivity contribution in [1.29, 1.82) is 0 Å². The Balaban J connectivity index is 4.83. The zero-order valence-corrected chi connectivity index (χ0v) is 24.7. The quantitative estimate of drug-likeness (QED) is 0.137. The van der Waals surface area contributed by atoms with Gasteiger partial charge in [0.15, 0.2) is 0 Å². The van der Waals surface area contributed by atoms with Crippen LogP contribution in [0.3, 0.4) is 0 Å². The van der Waals surface area contributed by atoms with Crippen molar-refractivity contribution in [3.05, 3.63) is 34.9 Å². The molecule has 0 aromatic carbocycles. The molecule has 2 unspecified atom stereocenters. The summed E-state index contributed by atoms with van der Waals surface area (Å²) in [5.74, 6) is -2.42. The fourth-order valence-electron chi connectivity index (χ4n) is 3.16. The van der Waals surface area contributed by atoms with Gasteiger partial charge in [-0.2, -0.15) is 11.8 Å². The zero-order valence-electron chi connectivity index (χ0n) is 23.9. The summed E-state index contributed by atoms with van der Waals surface area (Å²) in [6.07, 6.45) is 9.04. The van der Waals surface area contributed by atoms with Gasteiger partial charge in [-0.25, -0.2) is 9.59 Å². The molecule has 9 nitrogen and oxygen atoms in total. The molecule has 4 N–H and O–H groups in total. The van der Waals surface area contributed by atoms with Crippen LogP contribution in [-0.4, -0.2) is 63.3 Å². The fraction of sp³-hybridized carbons (Fsp3) is 0.643. The largest absolute Gasteiger partial charge is 0.481 e. The van der Waals surface area contributed by atoms with Crippen LogP contribution >= 0.6 is 11.8 Å². The number of aliphatic carboxylic acids is 2. The number of hydrogen-bond donors (Lipinski definition) is 4. The summed E-state index contributed by atoms with van der Waals surface area (Å²) in [5, 5.41) is 23.3. The van der Waals surface area contributed by atoms with E-state index in [4.69, 9.17) is 9.84 Å². The maximum absolute atomic E-state index is 12.7. The van der Waals surface area contributed by atoms with Crippen molar-refractivity contribution in [2.45, 2.75) is 105 Å². The Morgan fingerprint density at radius 2 is 1.42 bits per heavy atom. The number of ether oxygens (including phenoxy) is 1. The molecule has 2 atom stereocenters. The van der Waals surface area contributed by atoms with Crippen molar-refractivity contribution in [2.75, 3.05) is 11.5 Å². The Labute approximate surface area is 231 Å². The summed E-state index contributed by atoms with van der Waals surface area (Å²) in [5.41, 5.74) is 3.09. The lowest BCUT2D eigenvalue weighted by Gasteiger charge is -2.24. The number of carbonyl (C=O) groups excluding carboxylic acids is 2. The Morgan fingerprint density at radius 1 is 0.842 bits per heavy atom. The van der Waals surface area contributed by atoms with E-state index in [9.17, 15) is 24.3 Å². The monoisotopic (exact) mass is 554 g/mol. The minimum Gasteiger partial charge on any atom is -0.481 e. The maximum atomic E-state index is 12.7. The van der Waals surface area contributed by atoms with E-state index in [0.717, 1.165) is 25.7 Å². The number of carboxylic acid groups (broad SMARTS) is 2. The van der Waals surface area contributed by atoms with E-state index in [1.807, 2.05) is 6.92 Å². The summed E-state index contributed by atoms with van der Waals surface area (Å²) in [4.78, 5) is 47.5. The van der Waals surface area contributed by atoms with E-state index in [1.54, 1.807) is 20.8 Å². The molecule has 0 fully saturated rings. The lowest BCUT2D eigenvalue weighted by atomic mass is 10.1. The second-order valence-corrected chi connectivity index (χ2v) is 11.6. The third kappa shape index (κ3) is 19.4. The van der Waals surface area contributed by atoms with Gasteiger partial charge in [-0.05, 0) is 80.6 Å². The summed E-state index contributed by atoms with van der Waals surface area (Å²) in [6.45, 7) is 13.3. The molecule has 38 heavy (non-hydrogen) atoms. The van der Waals surface area contributed by atoms with Gasteiger partial charge in [0.2, 0.25) is 5.91 Å². The number of carbonyl (C=O) groups is 4. The number of carboxylic acids is 2. The second-order valence-electron chi connectivity index (χ2n) is 10.5. The van der Waals surface area contributed by atoms with Crippen LogP contribution in [0.15, 0.2) is 34.9 Å². The number of nitrogens with one attached hydrogen (secondary N) is 2. The first-order valence-electron chi connectivity index (χ1n) is 12.9. The van der Waals surface area contributed by atoms with Crippen LogP contribution in [0.1, 0.15) is 87.0 Å². The van der Waals surface area contributed by atoms with Crippen LogP contribution in [0, 0.1) is 0 Å². The van der Waals surface area contributed by atoms with Gasteiger partial charge in [-0.15, -0.1) is 0 Å². The maximum Gasteiger partial charge on any atom is 0.408 e. The third-order valence-corrected chi connectivity index (χ3v) is 6.20. The molecule has 0 saturated carbocycles.